The quantitative estimate of drug-likeness (QED) is 0.871. The van der Waals surface area contributed by atoms with Crippen LogP contribution in [0.25, 0.3) is 0 Å². The van der Waals surface area contributed by atoms with Crippen molar-refractivity contribution >= 4 is 5.69 Å². The number of ether oxygens (including phenoxy) is 1. The Hall–Kier alpha value is -1.13. The molecule has 0 aliphatic carbocycles. The lowest BCUT2D eigenvalue weighted by molar-refractivity contribution is 0.119. The molecule has 1 aliphatic rings. The third kappa shape index (κ3) is 2.76. The molecular formula is C13H19FN2O. The topological polar surface area (TPSA) is 24.5 Å². The number of rotatable bonds is 3. The average Bonchev–Trinajstić information content (AvgIpc) is 2.39. The Balaban J connectivity index is 2.25. The van der Waals surface area contributed by atoms with Crippen molar-refractivity contribution in [3.63, 3.8) is 0 Å². The maximum atomic E-state index is 13.8. The monoisotopic (exact) mass is 238 g/mol. The van der Waals surface area contributed by atoms with Crippen LogP contribution in [0.15, 0.2) is 18.2 Å². The van der Waals surface area contributed by atoms with Gasteiger partial charge in [-0.3, -0.25) is 0 Å². The summed E-state index contributed by atoms with van der Waals surface area (Å²) in [5.74, 6) is -0.154. The number of nitrogens with one attached hydrogen (secondary N) is 1. The lowest BCUT2D eigenvalue weighted by Crippen LogP contribution is -2.43. The van der Waals surface area contributed by atoms with Gasteiger partial charge in [0.1, 0.15) is 5.82 Å². The third-order valence-corrected chi connectivity index (χ3v) is 3.25. The van der Waals surface area contributed by atoms with Crippen LogP contribution in [0.5, 0.6) is 0 Å². The number of nitrogens with zero attached hydrogens (tertiary/aromatic N) is 1. The van der Waals surface area contributed by atoms with Crippen molar-refractivity contribution in [3.05, 3.63) is 29.6 Å². The zero-order chi connectivity index (χ0) is 12.3. The van der Waals surface area contributed by atoms with Crippen molar-refractivity contribution in [2.45, 2.75) is 13.0 Å². The molecule has 17 heavy (non-hydrogen) atoms. The maximum Gasteiger partial charge on any atom is 0.146 e. The van der Waals surface area contributed by atoms with Crippen molar-refractivity contribution < 1.29 is 9.13 Å². The Morgan fingerprint density at radius 1 is 1.35 bits per heavy atom. The van der Waals surface area contributed by atoms with E-state index in [4.69, 9.17) is 4.74 Å². The van der Waals surface area contributed by atoms with E-state index < -0.39 is 0 Å². The van der Waals surface area contributed by atoms with E-state index in [1.165, 1.54) is 6.07 Å². The predicted molar refractivity (Wildman–Crippen MR) is 66.9 cm³/mol. The maximum absolute atomic E-state index is 13.8. The fourth-order valence-electron chi connectivity index (χ4n) is 2.07. The molecule has 0 saturated carbocycles. The summed E-state index contributed by atoms with van der Waals surface area (Å²) in [4.78, 5) is 2.08. The summed E-state index contributed by atoms with van der Waals surface area (Å²) in [6.07, 6.45) is -0.00253. The van der Waals surface area contributed by atoms with Gasteiger partial charge in [0.15, 0.2) is 0 Å². The molecule has 94 valence electrons. The molecule has 1 heterocycles. The summed E-state index contributed by atoms with van der Waals surface area (Å²) in [5.41, 5.74) is 1.70. The molecule has 1 aromatic carbocycles. The van der Waals surface area contributed by atoms with Crippen molar-refractivity contribution in [3.8, 4) is 0 Å². The Morgan fingerprint density at radius 2 is 2.06 bits per heavy atom. The molecule has 1 N–H and O–H groups in total. The molecule has 0 aromatic heterocycles. The first-order chi connectivity index (χ1) is 8.22. The largest absolute Gasteiger partial charge is 0.377 e. The molecule has 2 rings (SSSR count). The van der Waals surface area contributed by atoms with Gasteiger partial charge in [-0.1, -0.05) is 6.07 Å². The zero-order valence-electron chi connectivity index (χ0n) is 10.4. The molecule has 1 saturated heterocycles. The number of piperazine rings is 1. The van der Waals surface area contributed by atoms with Gasteiger partial charge in [0.05, 0.1) is 11.8 Å². The van der Waals surface area contributed by atoms with Gasteiger partial charge in [0.2, 0.25) is 0 Å². The van der Waals surface area contributed by atoms with E-state index in [-0.39, 0.29) is 11.9 Å². The van der Waals surface area contributed by atoms with E-state index in [0.717, 1.165) is 31.7 Å². The van der Waals surface area contributed by atoms with Crippen LogP contribution in [-0.4, -0.2) is 33.3 Å². The van der Waals surface area contributed by atoms with Crippen LogP contribution in [0.1, 0.15) is 18.6 Å². The van der Waals surface area contributed by atoms with Gasteiger partial charge in [-0.15, -0.1) is 0 Å². The highest BCUT2D eigenvalue weighted by Gasteiger charge is 2.16. The Labute approximate surface area is 102 Å². The molecule has 0 spiro atoms. The smallest absolute Gasteiger partial charge is 0.146 e. The van der Waals surface area contributed by atoms with Crippen LogP contribution >= 0.6 is 0 Å². The second-order valence-corrected chi connectivity index (χ2v) is 4.33. The van der Waals surface area contributed by atoms with Crippen LogP contribution in [0.4, 0.5) is 10.1 Å². The molecular weight excluding hydrogens is 219 g/mol. The highest BCUT2D eigenvalue weighted by molar-refractivity contribution is 5.51. The minimum absolute atomic E-state index is 0.00253. The minimum Gasteiger partial charge on any atom is -0.377 e. The minimum atomic E-state index is -0.154. The molecule has 1 unspecified atom stereocenters. The van der Waals surface area contributed by atoms with E-state index in [0.29, 0.717) is 5.69 Å². The predicted octanol–water partition coefficient (Wildman–Crippen LogP) is 1.94. The molecule has 1 aromatic rings. The van der Waals surface area contributed by atoms with Crippen molar-refractivity contribution in [1.29, 1.82) is 0 Å². The van der Waals surface area contributed by atoms with E-state index >= 15 is 0 Å². The van der Waals surface area contributed by atoms with E-state index in [2.05, 4.69) is 10.2 Å². The SMILES string of the molecule is COC(C)c1ccc(F)c(N2CCNCC2)c1. The lowest BCUT2D eigenvalue weighted by atomic mass is 10.1. The Morgan fingerprint density at radius 3 is 2.71 bits per heavy atom. The van der Waals surface area contributed by atoms with Crippen LogP contribution in [0, 0.1) is 5.82 Å². The highest BCUT2D eigenvalue weighted by Crippen LogP contribution is 2.25. The van der Waals surface area contributed by atoms with Crippen LogP contribution < -0.4 is 10.2 Å². The standard InChI is InChI=1S/C13H19FN2O/c1-10(17-2)11-3-4-12(14)13(9-11)16-7-5-15-6-8-16/h3-4,9-10,15H,5-8H2,1-2H3. The summed E-state index contributed by atoms with van der Waals surface area (Å²) in [5, 5.41) is 3.26. The normalized spacial score (nSPS) is 18.2. The van der Waals surface area contributed by atoms with E-state index in [1.54, 1.807) is 13.2 Å². The molecule has 0 bridgehead atoms. The van der Waals surface area contributed by atoms with E-state index in [1.807, 2.05) is 13.0 Å². The number of benzene rings is 1. The van der Waals surface area contributed by atoms with Gasteiger partial charge < -0.3 is 15.0 Å². The number of halogens is 1. The number of hydrogen-bond acceptors (Lipinski definition) is 3. The first-order valence-electron chi connectivity index (χ1n) is 6.00. The van der Waals surface area contributed by atoms with Gasteiger partial charge >= 0.3 is 0 Å². The molecule has 1 fully saturated rings. The fourth-order valence-corrected chi connectivity index (χ4v) is 2.07. The first-order valence-corrected chi connectivity index (χ1v) is 6.00. The third-order valence-electron chi connectivity index (χ3n) is 3.25. The Bertz CT molecular complexity index is 378. The number of hydrogen-bond donors (Lipinski definition) is 1. The van der Waals surface area contributed by atoms with Gasteiger partial charge in [-0.25, -0.2) is 4.39 Å². The molecule has 0 amide bonds. The van der Waals surface area contributed by atoms with Crippen LogP contribution in [0.2, 0.25) is 0 Å². The molecule has 4 heteroatoms. The molecule has 3 nitrogen and oxygen atoms in total. The average molecular weight is 238 g/mol. The highest BCUT2D eigenvalue weighted by atomic mass is 19.1. The lowest BCUT2D eigenvalue weighted by Gasteiger charge is -2.30. The molecule has 0 radical (unpaired) electrons. The fraction of sp³-hybridized carbons (Fsp3) is 0.538. The number of methoxy groups -OCH3 is 1. The second-order valence-electron chi connectivity index (χ2n) is 4.33. The molecule has 1 aliphatic heterocycles. The van der Waals surface area contributed by atoms with Crippen molar-refractivity contribution in [2.75, 3.05) is 38.2 Å². The zero-order valence-corrected chi connectivity index (χ0v) is 10.4. The second kappa shape index (κ2) is 5.47. The van der Waals surface area contributed by atoms with Gasteiger partial charge in [0, 0.05) is 33.3 Å². The van der Waals surface area contributed by atoms with Crippen molar-refractivity contribution in [1.82, 2.24) is 5.32 Å². The van der Waals surface area contributed by atoms with Gasteiger partial charge in [-0.05, 0) is 24.6 Å². The summed E-state index contributed by atoms with van der Waals surface area (Å²) in [6, 6.07) is 5.21. The molecule has 1 atom stereocenters. The van der Waals surface area contributed by atoms with Crippen LogP contribution in [0.3, 0.4) is 0 Å². The first kappa shape index (κ1) is 12.3. The van der Waals surface area contributed by atoms with Crippen LogP contribution in [-0.2, 0) is 4.74 Å². The van der Waals surface area contributed by atoms with Crippen molar-refractivity contribution in [2.24, 2.45) is 0 Å². The number of anilines is 1. The Kier molecular flexibility index (Phi) is 3.97. The summed E-state index contributed by atoms with van der Waals surface area (Å²) in [6.45, 7) is 5.48. The van der Waals surface area contributed by atoms with Gasteiger partial charge in [-0.2, -0.15) is 0 Å². The van der Waals surface area contributed by atoms with E-state index in [9.17, 15) is 4.39 Å². The van der Waals surface area contributed by atoms with Gasteiger partial charge in [0.25, 0.3) is 0 Å². The summed E-state index contributed by atoms with van der Waals surface area (Å²) in [7, 11) is 1.67. The summed E-state index contributed by atoms with van der Waals surface area (Å²) >= 11 is 0. The summed E-state index contributed by atoms with van der Waals surface area (Å²) < 4.78 is 19.1.